The fourth-order valence-corrected chi connectivity index (χ4v) is 3.19. The smallest absolute Gasteiger partial charge is 0.269 e. The first kappa shape index (κ1) is 14.5. The van der Waals surface area contributed by atoms with Crippen LogP contribution in [0.2, 0.25) is 0 Å². The fourth-order valence-electron chi connectivity index (χ4n) is 3.19. The van der Waals surface area contributed by atoms with Crippen LogP contribution in [0.1, 0.15) is 31.0 Å². The highest BCUT2D eigenvalue weighted by Gasteiger charge is 2.47. The standard InChI is InChI=1S/C16H16N2O4/c1-16(2)12-7-6-10(18(21)22)9-11(12)14(15(16)20)17-8-4-3-5-13(17)19/h3-9,14-15,20H,1-2H3/t14-,15+/m1/s1. The van der Waals surface area contributed by atoms with Gasteiger partial charge in [-0.25, -0.2) is 0 Å². The number of hydrogen-bond donors (Lipinski definition) is 1. The van der Waals surface area contributed by atoms with Crippen LogP contribution in [0.3, 0.4) is 0 Å². The second-order valence-electron chi connectivity index (χ2n) is 6.09. The Morgan fingerprint density at radius 2 is 2.00 bits per heavy atom. The van der Waals surface area contributed by atoms with E-state index < -0.39 is 22.5 Å². The first-order valence-electron chi connectivity index (χ1n) is 6.98. The Balaban J connectivity index is 2.26. The number of nitrogens with zero attached hydrogens (tertiary/aromatic N) is 2. The molecule has 6 nitrogen and oxygen atoms in total. The predicted octanol–water partition coefficient (Wildman–Crippen LogP) is 2.00. The van der Waals surface area contributed by atoms with Crippen molar-refractivity contribution in [2.75, 3.05) is 0 Å². The molecule has 1 aromatic carbocycles. The van der Waals surface area contributed by atoms with Crippen LogP contribution in [0.4, 0.5) is 5.69 Å². The molecule has 1 aliphatic rings. The molecule has 1 aliphatic carbocycles. The number of non-ortho nitro benzene ring substituents is 1. The van der Waals surface area contributed by atoms with Crippen molar-refractivity contribution in [1.82, 2.24) is 4.57 Å². The highest BCUT2D eigenvalue weighted by Crippen LogP contribution is 2.47. The van der Waals surface area contributed by atoms with Gasteiger partial charge in [-0.05, 0) is 17.2 Å². The average Bonchev–Trinajstić information content (AvgIpc) is 2.67. The number of nitro groups is 1. The number of rotatable bonds is 2. The van der Waals surface area contributed by atoms with E-state index >= 15 is 0 Å². The molecule has 22 heavy (non-hydrogen) atoms. The zero-order valence-electron chi connectivity index (χ0n) is 12.3. The molecular weight excluding hydrogens is 284 g/mol. The second-order valence-corrected chi connectivity index (χ2v) is 6.09. The molecule has 0 unspecified atom stereocenters. The van der Waals surface area contributed by atoms with E-state index in [9.17, 15) is 20.0 Å². The summed E-state index contributed by atoms with van der Waals surface area (Å²) in [4.78, 5) is 22.7. The van der Waals surface area contributed by atoms with Gasteiger partial charge in [0.1, 0.15) is 0 Å². The Morgan fingerprint density at radius 3 is 2.64 bits per heavy atom. The third-order valence-electron chi connectivity index (χ3n) is 4.45. The highest BCUT2D eigenvalue weighted by molar-refractivity contribution is 5.50. The summed E-state index contributed by atoms with van der Waals surface area (Å²) >= 11 is 0. The number of nitro benzene ring substituents is 1. The Labute approximate surface area is 126 Å². The average molecular weight is 300 g/mol. The molecule has 0 fully saturated rings. The zero-order chi connectivity index (χ0) is 16.1. The van der Waals surface area contributed by atoms with Crippen molar-refractivity contribution < 1.29 is 10.0 Å². The topological polar surface area (TPSA) is 85.4 Å². The largest absolute Gasteiger partial charge is 0.390 e. The maximum Gasteiger partial charge on any atom is 0.269 e. The summed E-state index contributed by atoms with van der Waals surface area (Å²) in [5.41, 5.74) is 0.565. The lowest BCUT2D eigenvalue weighted by molar-refractivity contribution is -0.384. The van der Waals surface area contributed by atoms with Crippen molar-refractivity contribution in [3.05, 3.63) is 74.2 Å². The van der Waals surface area contributed by atoms with Gasteiger partial charge in [0.15, 0.2) is 0 Å². The number of aliphatic hydroxyl groups is 1. The van der Waals surface area contributed by atoms with Crippen LogP contribution in [-0.4, -0.2) is 20.7 Å². The van der Waals surface area contributed by atoms with Crippen molar-refractivity contribution in [2.45, 2.75) is 31.4 Å². The zero-order valence-corrected chi connectivity index (χ0v) is 12.3. The quantitative estimate of drug-likeness (QED) is 0.679. The minimum absolute atomic E-state index is 0.0439. The van der Waals surface area contributed by atoms with Gasteiger partial charge in [-0.2, -0.15) is 0 Å². The SMILES string of the molecule is CC1(C)c2ccc([N+](=O)[O-])cc2[C@@H](n2ccccc2=O)[C@@H]1O. The van der Waals surface area contributed by atoms with Gasteiger partial charge in [0, 0.05) is 29.8 Å². The predicted molar refractivity (Wildman–Crippen MR) is 81.0 cm³/mol. The molecule has 3 rings (SSSR count). The normalized spacial score (nSPS) is 22.3. The summed E-state index contributed by atoms with van der Waals surface area (Å²) in [7, 11) is 0. The van der Waals surface area contributed by atoms with E-state index in [1.54, 1.807) is 24.4 Å². The summed E-state index contributed by atoms with van der Waals surface area (Å²) in [5.74, 6) is 0. The molecule has 114 valence electrons. The lowest BCUT2D eigenvalue weighted by atomic mass is 9.84. The van der Waals surface area contributed by atoms with E-state index in [4.69, 9.17) is 0 Å². The van der Waals surface area contributed by atoms with Gasteiger partial charge in [0.05, 0.1) is 17.1 Å². The first-order valence-corrected chi connectivity index (χ1v) is 6.98. The van der Waals surface area contributed by atoms with Crippen LogP contribution < -0.4 is 5.56 Å². The van der Waals surface area contributed by atoms with Crippen LogP contribution in [0.25, 0.3) is 0 Å². The number of aliphatic hydroxyl groups excluding tert-OH is 1. The highest BCUT2D eigenvalue weighted by atomic mass is 16.6. The van der Waals surface area contributed by atoms with E-state index in [-0.39, 0.29) is 11.2 Å². The van der Waals surface area contributed by atoms with Crippen molar-refractivity contribution in [2.24, 2.45) is 0 Å². The lowest BCUT2D eigenvalue weighted by Crippen LogP contribution is -2.37. The molecule has 0 amide bonds. The minimum atomic E-state index is -0.843. The summed E-state index contributed by atoms with van der Waals surface area (Å²) in [5, 5.41) is 21.7. The molecule has 0 saturated carbocycles. The van der Waals surface area contributed by atoms with Crippen LogP contribution in [0.15, 0.2) is 47.4 Å². The van der Waals surface area contributed by atoms with Gasteiger partial charge < -0.3 is 9.67 Å². The fraction of sp³-hybridized carbons (Fsp3) is 0.312. The molecule has 0 radical (unpaired) electrons. The number of pyridine rings is 1. The minimum Gasteiger partial charge on any atom is -0.390 e. The number of hydrogen-bond acceptors (Lipinski definition) is 4. The van der Waals surface area contributed by atoms with Gasteiger partial charge in [-0.1, -0.05) is 26.0 Å². The molecule has 2 atom stereocenters. The van der Waals surface area contributed by atoms with E-state index in [0.717, 1.165) is 5.56 Å². The molecule has 0 spiro atoms. The van der Waals surface area contributed by atoms with Crippen LogP contribution >= 0.6 is 0 Å². The van der Waals surface area contributed by atoms with Gasteiger partial charge >= 0.3 is 0 Å². The Morgan fingerprint density at radius 1 is 1.27 bits per heavy atom. The maximum atomic E-state index is 12.1. The van der Waals surface area contributed by atoms with Crippen molar-refractivity contribution >= 4 is 5.69 Å². The maximum absolute atomic E-state index is 12.1. The number of aromatic nitrogens is 1. The molecule has 1 aromatic heterocycles. The van der Waals surface area contributed by atoms with E-state index in [0.29, 0.717) is 5.56 Å². The van der Waals surface area contributed by atoms with E-state index in [1.807, 2.05) is 13.8 Å². The van der Waals surface area contributed by atoms with Crippen LogP contribution in [0, 0.1) is 10.1 Å². The summed E-state index contributed by atoms with van der Waals surface area (Å²) < 4.78 is 1.43. The van der Waals surface area contributed by atoms with Gasteiger partial charge in [-0.3, -0.25) is 14.9 Å². The molecule has 0 saturated heterocycles. The molecule has 2 aromatic rings. The Hall–Kier alpha value is -2.47. The summed E-state index contributed by atoms with van der Waals surface area (Å²) in [6.07, 6.45) is 0.754. The molecule has 1 N–H and O–H groups in total. The number of benzene rings is 1. The second kappa shape index (κ2) is 4.78. The number of fused-ring (bicyclic) bond motifs is 1. The van der Waals surface area contributed by atoms with Gasteiger partial charge in [0.25, 0.3) is 11.2 Å². The monoisotopic (exact) mass is 300 g/mol. The van der Waals surface area contributed by atoms with Crippen molar-refractivity contribution in [1.29, 1.82) is 0 Å². The molecule has 1 heterocycles. The van der Waals surface area contributed by atoms with Crippen LogP contribution in [-0.2, 0) is 5.41 Å². The molecule has 0 bridgehead atoms. The molecule has 6 heteroatoms. The van der Waals surface area contributed by atoms with E-state index in [1.165, 1.54) is 22.8 Å². The first-order chi connectivity index (χ1) is 10.3. The summed E-state index contributed by atoms with van der Waals surface area (Å²) in [6.45, 7) is 3.74. The Bertz CT molecular complexity index is 810. The van der Waals surface area contributed by atoms with Crippen molar-refractivity contribution in [3.8, 4) is 0 Å². The third-order valence-corrected chi connectivity index (χ3v) is 4.45. The lowest BCUT2D eigenvalue weighted by Gasteiger charge is -2.27. The van der Waals surface area contributed by atoms with Crippen molar-refractivity contribution in [3.63, 3.8) is 0 Å². The van der Waals surface area contributed by atoms with Gasteiger partial charge in [0.2, 0.25) is 0 Å². The molecule has 0 aliphatic heterocycles. The summed E-state index contributed by atoms with van der Waals surface area (Å²) in [6, 6.07) is 8.68. The van der Waals surface area contributed by atoms with Gasteiger partial charge in [-0.15, -0.1) is 0 Å². The van der Waals surface area contributed by atoms with E-state index in [2.05, 4.69) is 0 Å². The van der Waals surface area contributed by atoms with Crippen LogP contribution in [0.5, 0.6) is 0 Å². The molecular formula is C16H16N2O4. The Kier molecular flexibility index (Phi) is 3.14. The third kappa shape index (κ3) is 1.95.